The molecule has 0 amide bonds. The first-order chi connectivity index (χ1) is 6.81. The minimum Gasteiger partial charge on any atom is -0.229 e. The Hall–Kier alpha value is -1.25. The van der Waals surface area contributed by atoms with Crippen LogP contribution in [0.1, 0.15) is 17.5 Å². The van der Waals surface area contributed by atoms with Gasteiger partial charge in [-0.1, -0.05) is 10.5 Å². The molecule has 1 unspecified atom stereocenters. The Balaban J connectivity index is 2.37. The highest BCUT2D eigenvalue weighted by Crippen LogP contribution is 2.24. The predicted molar refractivity (Wildman–Crippen MR) is 53.0 cm³/mol. The average Bonchev–Trinajstić information content (AvgIpc) is 2.64. The van der Waals surface area contributed by atoms with Gasteiger partial charge in [0, 0.05) is 0 Å². The van der Waals surface area contributed by atoms with Crippen LogP contribution in [-0.2, 0) is 28.6 Å². The van der Waals surface area contributed by atoms with Crippen molar-refractivity contribution in [3.63, 3.8) is 0 Å². The van der Waals surface area contributed by atoms with E-state index in [1.807, 2.05) is 12.1 Å². The van der Waals surface area contributed by atoms with Crippen molar-refractivity contribution in [1.82, 2.24) is 0 Å². The first-order valence-corrected chi connectivity index (χ1v) is 5.53. The molecule has 0 radical (unpaired) electrons. The van der Waals surface area contributed by atoms with Gasteiger partial charge in [0.1, 0.15) is 0 Å². The minimum absolute atomic E-state index is 0.592. The molecular weight excluding hydrogens is 198 g/mol. The Bertz CT molecular complexity index is 436. The van der Waals surface area contributed by atoms with Crippen molar-refractivity contribution in [3.05, 3.63) is 29.3 Å². The molecule has 0 aliphatic heterocycles. The van der Waals surface area contributed by atoms with Crippen LogP contribution >= 0.6 is 0 Å². The summed E-state index contributed by atoms with van der Waals surface area (Å²) in [4.78, 5) is 10.5. The highest BCUT2D eigenvalue weighted by atomic mass is 32.2. The van der Waals surface area contributed by atoms with Gasteiger partial charge in [-0.05, 0) is 42.5 Å². The lowest BCUT2D eigenvalue weighted by atomic mass is 10.1. The summed E-state index contributed by atoms with van der Waals surface area (Å²) in [7, 11) is -1.57. The second-order valence-electron chi connectivity index (χ2n) is 3.22. The molecule has 0 aromatic heterocycles. The normalized spacial score (nSPS) is 15.7. The van der Waals surface area contributed by atoms with Gasteiger partial charge in [0.15, 0.2) is 11.0 Å². The van der Waals surface area contributed by atoms with E-state index < -0.39 is 11.0 Å². The monoisotopic (exact) mass is 207 g/mol. The summed E-state index contributed by atoms with van der Waals surface area (Å²) in [5.41, 5.74) is 2.55. The predicted octanol–water partition coefficient (Wildman–Crippen LogP) is 1.53. The van der Waals surface area contributed by atoms with Crippen molar-refractivity contribution in [2.24, 2.45) is 4.40 Å². The SMILES string of the molecule is O=C=NS(=O)c1ccc2c(c1)CCC2. The van der Waals surface area contributed by atoms with Crippen LogP contribution in [-0.4, -0.2) is 10.3 Å². The Morgan fingerprint density at radius 2 is 2.07 bits per heavy atom. The smallest absolute Gasteiger partial charge is 0.229 e. The third kappa shape index (κ3) is 1.67. The fourth-order valence-corrected chi connectivity index (χ4v) is 2.34. The summed E-state index contributed by atoms with van der Waals surface area (Å²) in [5, 5.41) is 0. The molecule has 0 N–H and O–H groups in total. The third-order valence-corrected chi connectivity index (χ3v) is 3.29. The summed E-state index contributed by atoms with van der Waals surface area (Å²) >= 11 is 0. The van der Waals surface area contributed by atoms with Gasteiger partial charge in [0.25, 0.3) is 0 Å². The van der Waals surface area contributed by atoms with E-state index in [-0.39, 0.29) is 0 Å². The maximum absolute atomic E-state index is 11.3. The van der Waals surface area contributed by atoms with Crippen LogP contribution in [0.15, 0.2) is 27.5 Å². The number of carbonyl (C=O) groups excluding carboxylic acids is 1. The van der Waals surface area contributed by atoms with E-state index >= 15 is 0 Å². The number of nitrogens with zero attached hydrogens (tertiary/aromatic N) is 1. The fourth-order valence-electron chi connectivity index (χ4n) is 1.74. The van der Waals surface area contributed by atoms with Gasteiger partial charge >= 0.3 is 0 Å². The summed E-state index contributed by atoms with van der Waals surface area (Å²) in [6.07, 6.45) is 4.59. The zero-order valence-corrected chi connectivity index (χ0v) is 8.34. The zero-order chi connectivity index (χ0) is 9.97. The molecule has 3 nitrogen and oxygen atoms in total. The molecule has 0 fully saturated rings. The van der Waals surface area contributed by atoms with Crippen molar-refractivity contribution in [1.29, 1.82) is 0 Å². The van der Waals surface area contributed by atoms with E-state index in [1.54, 1.807) is 6.07 Å². The van der Waals surface area contributed by atoms with Crippen LogP contribution in [0.5, 0.6) is 0 Å². The van der Waals surface area contributed by atoms with Crippen molar-refractivity contribution < 1.29 is 9.00 Å². The molecule has 0 saturated carbocycles. The summed E-state index contributed by atoms with van der Waals surface area (Å²) in [5.74, 6) is 0. The van der Waals surface area contributed by atoms with E-state index in [1.165, 1.54) is 17.2 Å². The van der Waals surface area contributed by atoms with Crippen LogP contribution in [0, 0.1) is 0 Å². The Morgan fingerprint density at radius 3 is 2.86 bits per heavy atom. The molecule has 14 heavy (non-hydrogen) atoms. The molecule has 2 rings (SSSR count). The van der Waals surface area contributed by atoms with Crippen molar-refractivity contribution in [2.45, 2.75) is 24.2 Å². The van der Waals surface area contributed by atoms with Gasteiger partial charge in [-0.15, -0.1) is 0 Å². The zero-order valence-electron chi connectivity index (χ0n) is 7.53. The molecule has 0 saturated heterocycles. The van der Waals surface area contributed by atoms with E-state index in [0.717, 1.165) is 19.3 Å². The third-order valence-electron chi connectivity index (χ3n) is 2.39. The molecule has 0 bridgehead atoms. The minimum atomic E-state index is -1.57. The van der Waals surface area contributed by atoms with E-state index in [9.17, 15) is 9.00 Å². The molecule has 4 heteroatoms. The van der Waals surface area contributed by atoms with Crippen LogP contribution < -0.4 is 0 Å². The number of aryl methyl sites for hydroxylation is 2. The Morgan fingerprint density at radius 1 is 1.29 bits per heavy atom. The van der Waals surface area contributed by atoms with Gasteiger partial charge in [0.2, 0.25) is 6.08 Å². The van der Waals surface area contributed by atoms with Crippen LogP contribution in [0.4, 0.5) is 0 Å². The number of rotatable bonds is 2. The van der Waals surface area contributed by atoms with Gasteiger partial charge < -0.3 is 0 Å². The number of isocyanates is 1. The molecule has 1 aliphatic rings. The fraction of sp³-hybridized carbons (Fsp3) is 0.300. The van der Waals surface area contributed by atoms with E-state index in [2.05, 4.69) is 4.40 Å². The molecular formula is C10H9NO2S. The van der Waals surface area contributed by atoms with Crippen molar-refractivity contribution in [3.8, 4) is 0 Å². The second-order valence-corrected chi connectivity index (χ2v) is 4.37. The lowest BCUT2D eigenvalue weighted by Crippen LogP contribution is -1.90. The van der Waals surface area contributed by atoms with Gasteiger partial charge in [-0.2, -0.15) is 0 Å². The van der Waals surface area contributed by atoms with Gasteiger partial charge in [-0.3, -0.25) is 0 Å². The standard InChI is InChI=1S/C10H9NO2S/c12-7-11-14(13)10-5-4-8-2-1-3-9(8)6-10/h4-6H,1-3H2. The first-order valence-electron chi connectivity index (χ1n) is 4.43. The maximum Gasteiger partial charge on any atom is 0.250 e. The first kappa shape index (κ1) is 9.31. The molecule has 0 spiro atoms. The van der Waals surface area contributed by atoms with E-state index in [4.69, 9.17) is 0 Å². The Labute approximate surface area is 84.5 Å². The quantitative estimate of drug-likeness (QED) is 0.545. The topological polar surface area (TPSA) is 46.5 Å². The lowest BCUT2D eigenvalue weighted by molar-refractivity contribution is 0.566. The van der Waals surface area contributed by atoms with Crippen molar-refractivity contribution in [2.75, 3.05) is 0 Å². The van der Waals surface area contributed by atoms with Crippen LogP contribution in [0.2, 0.25) is 0 Å². The highest BCUT2D eigenvalue weighted by molar-refractivity contribution is 7.83. The molecule has 1 atom stereocenters. The van der Waals surface area contributed by atoms with Crippen molar-refractivity contribution >= 4 is 17.1 Å². The summed E-state index contributed by atoms with van der Waals surface area (Å²) in [6.45, 7) is 0. The average molecular weight is 207 g/mol. The molecule has 72 valence electrons. The highest BCUT2D eigenvalue weighted by Gasteiger charge is 2.12. The second kappa shape index (κ2) is 3.86. The molecule has 1 aliphatic carbocycles. The molecule has 0 heterocycles. The largest absolute Gasteiger partial charge is 0.250 e. The lowest BCUT2D eigenvalue weighted by Gasteiger charge is -2.00. The number of hydrogen-bond acceptors (Lipinski definition) is 2. The van der Waals surface area contributed by atoms with Crippen LogP contribution in [0.25, 0.3) is 0 Å². The molecule has 1 aromatic carbocycles. The summed E-state index contributed by atoms with van der Waals surface area (Å²) < 4.78 is 14.5. The maximum atomic E-state index is 11.3. The Kier molecular flexibility index (Phi) is 2.57. The number of fused-ring (bicyclic) bond motifs is 1. The summed E-state index contributed by atoms with van der Waals surface area (Å²) in [6, 6.07) is 5.61. The molecule has 1 aromatic rings. The number of hydrogen-bond donors (Lipinski definition) is 0. The van der Waals surface area contributed by atoms with E-state index in [0.29, 0.717) is 4.90 Å². The van der Waals surface area contributed by atoms with Gasteiger partial charge in [0.05, 0.1) is 4.90 Å². The van der Waals surface area contributed by atoms with Crippen LogP contribution in [0.3, 0.4) is 0 Å². The number of benzene rings is 1. The van der Waals surface area contributed by atoms with Gasteiger partial charge in [-0.25, -0.2) is 9.00 Å².